The molecule has 1 saturated heterocycles. The Balaban J connectivity index is 1.88. The average molecular weight is 525 g/mol. The SMILES string of the molecule is CC(C)(C)[Si](C)(C)O[C@@H]1[C@H]2C(=O)O[C@@H](C[C@H]1[Se]c1ccc(Cl)cc1)[C@@H]2Br. The molecule has 2 fully saturated rings. The van der Waals surface area contributed by atoms with Crippen LogP contribution in [0.2, 0.25) is 28.0 Å². The van der Waals surface area contributed by atoms with Gasteiger partial charge in [-0.1, -0.05) is 0 Å². The number of rotatable bonds is 4. The molecule has 0 unspecified atom stereocenters. The minimum atomic E-state index is -2.00. The number of alkyl halides is 1. The Bertz CT molecular complexity index is 676. The predicted molar refractivity (Wildman–Crippen MR) is 113 cm³/mol. The molecule has 144 valence electrons. The van der Waals surface area contributed by atoms with Crippen molar-refractivity contribution in [3.8, 4) is 0 Å². The molecular weight excluding hydrogens is 499 g/mol. The summed E-state index contributed by atoms with van der Waals surface area (Å²) < 4.78 is 13.8. The van der Waals surface area contributed by atoms with Crippen molar-refractivity contribution in [2.45, 2.75) is 67.2 Å². The van der Waals surface area contributed by atoms with E-state index in [1.54, 1.807) is 0 Å². The van der Waals surface area contributed by atoms with Gasteiger partial charge in [0.25, 0.3) is 0 Å². The van der Waals surface area contributed by atoms with Crippen molar-refractivity contribution in [1.29, 1.82) is 0 Å². The van der Waals surface area contributed by atoms with Crippen LogP contribution in [-0.4, -0.2) is 46.3 Å². The van der Waals surface area contributed by atoms with Gasteiger partial charge in [0.05, 0.1) is 0 Å². The van der Waals surface area contributed by atoms with Crippen LogP contribution in [0, 0.1) is 5.92 Å². The topological polar surface area (TPSA) is 35.5 Å². The number of benzene rings is 1. The molecule has 0 N–H and O–H groups in total. The molecule has 0 radical (unpaired) electrons. The number of fused-ring (bicyclic) bond motifs is 2. The normalized spacial score (nSPS) is 31.8. The van der Waals surface area contributed by atoms with Crippen LogP contribution in [0.15, 0.2) is 24.3 Å². The molecule has 1 aliphatic heterocycles. The molecule has 1 heterocycles. The van der Waals surface area contributed by atoms with Crippen molar-refractivity contribution in [1.82, 2.24) is 0 Å². The van der Waals surface area contributed by atoms with Crippen molar-refractivity contribution in [2.24, 2.45) is 5.92 Å². The van der Waals surface area contributed by atoms with Crippen LogP contribution < -0.4 is 4.46 Å². The summed E-state index contributed by atoms with van der Waals surface area (Å²) >= 11 is 9.96. The number of carbonyl (C=O) groups is 1. The van der Waals surface area contributed by atoms with Crippen LogP contribution in [0.3, 0.4) is 0 Å². The summed E-state index contributed by atoms with van der Waals surface area (Å²) in [5, 5.41) is 0.854. The van der Waals surface area contributed by atoms with Crippen molar-refractivity contribution in [2.75, 3.05) is 0 Å². The maximum atomic E-state index is 12.5. The zero-order valence-electron chi connectivity index (χ0n) is 15.8. The zero-order valence-corrected chi connectivity index (χ0v) is 20.8. The summed E-state index contributed by atoms with van der Waals surface area (Å²) in [6.07, 6.45) is 0.744. The Morgan fingerprint density at radius 3 is 2.46 bits per heavy atom. The summed E-state index contributed by atoms with van der Waals surface area (Å²) in [4.78, 5) is 12.9. The Morgan fingerprint density at radius 2 is 1.88 bits per heavy atom. The molecule has 1 aliphatic carbocycles. The summed E-state index contributed by atoms with van der Waals surface area (Å²) in [7, 11) is -2.00. The molecule has 5 atom stereocenters. The summed E-state index contributed by atoms with van der Waals surface area (Å²) in [6, 6.07) is 8.07. The molecule has 1 aromatic rings. The van der Waals surface area contributed by atoms with E-state index in [1.807, 2.05) is 12.1 Å². The van der Waals surface area contributed by atoms with Gasteiger partial charge in [-0.25, -0.2) is 0 Å². The van der Waals surface area contributed by atoms with Gasteiger partial charge in [0.15, 0.2) is 0 Å². The van der Waals surface area contributed by atoms with Crippen LogP contribution in [0.4, 0.5) is 0 Å². The fourth-order valence-corrected chi connectivity index (χ4v) is 8.44. The van der Waals surface area contributed by atoms with Crippen LogP contribution in [0.5, 0.6) is 0 Å². The fourth-order valence-electron chi connectivity index (χ4n) is 3.21. The Kier molecular flexibility index (Phi) is 6.05. The summed E-state index contributed by atoms with van der Waals surface area (Å²) in [6.45, 7) is 11.2. The van der Waals surface area contributed by atoms with Gasteiger partial charge in [-0.15, -0.1) is 0 Å². The Labute approximate surface area is 177 Å². The second kappa shape index (κ2) is 7.53. The van der Waals surface area contributed by atoms with E-state index in [2.05, 4.69) is 61.9 Å². The third-order valence-electron chi connectivity index (χ3n) is 5.76. The molecule has 3 nitrogen and oxygen atoms in total. The van der Waals surface area contributed by atoms with Crippen molar-refractivity contribution < 1.29 is 14.0 Å². The standard InChI is InChI=1S/C19H26BrClO3SeSi/c1-19(2,3)26(4,5)24-17-14(25-12-8-6-11(21)7-9-12)10-13-16(20)15(17)18(22)23-13/h6-9,13-17H,10H2,1-5H3/t13-,14+,15-,16-,17-/m0/s1. The minimum absolute atomic E-state index is 0.0362. The van der Waals surface area contributed by atoms with Crippen molar-refractivity contribution in [3.05, 3.63) is 29.3 Å². The first-order valence-corrected chi connectivity index (χ1v) is 15.0. The molecule has 1 saturated carbocycles. The van der Waals surface area contributed by atoms with Crippen LogP contribution in [0.1, 0.15) is 27.2 Å². The molecular formula is C19H26BrClO3SeSi. The fraction of sp³-hybridized carbons (Fsp3) is 0.632. The summed E-state index contributed by atoms with van der Waals surface area (Å²) in [5.74, 6) is -0.308. The number of hydrogen-bond donors (Lipinski definition) is 0. The van der Waals surface area contributed by atoms with E-state index in [4.69, 9.17) is 20.8 Å². The van der Waals surface area contributed by atoms with Crippen molar-refractivity contribution >= 4 is 61.2 Å². The van der Waals surface area contributed by atoms with Gasteiger partial charge in [0, 0.05) is 0 Å². The van der Waals surface area contributed by atoms with Gasteiger partial charge in [0.2, 0.25) is 0 Å². The Morgan fingerprint density at radius 1 is 1.27 bits per heavy atom. The molecule has 0 amide bonds. The van der Waals surface area contributed by atoms with Gasteiger partial charge in [-0.2, -0.15) is 0 Å². The first-order valence-electron chi connectivity index (χ1n) is 8.94. The third kappa shape index (κ3) is 4.11. The van der Waals surface area contributed by atoms with E-state index in [0.717, 1.165) is 11.4 Å². The molecule has 0 spiro atoms. The van der Waals surface area contributed by atoms with Gasteiger partial charge in [-0.3, -0.25) is 0 Å². The molecule has 0 aromatic heterocycles. The van der Waals surface area contributed by atoms with Gasteiger partial charge in [-0.05, 0) is 0 Å². The third-order valence-corrected chi connectivity index (χ3v) is 14.4. The Hall–Kier alpha value is 0.156. The maximum absolute atomic E-state index is 12.5. The number of esters is 1. The monoisotopic (exact) mass is 524 g/mol. The molecule has 2 bridgehead atoms. The first kappa shape index (κ1) is 20.9. The van der Waals surface area contributed by atoms with Gasteiger partial charge in [0.1, 0.15) is 0 Å². The van der Waals surface area contributed by atoms with Gasteiger partial charge < -0.3 is 0 Å². The first-order chi connectivity index (χ1) is 12.0. The number of carbonyl (C=O) groups excluding carboxylic acids is 1. The van der Waals surface area contributed by atoms with Crippen LogP contribution in [0.25, 0.3) is 0 Å². The van der Waals surface area contributed by atoms with Crippen LogP contribution >= 0.6 is 27.5 Å². The molecule has 26 heavy (non-hydrogen) atoms. The summed E-state index contributed by atoms with van der Waals surface area (Å²) in [5.41, 5.74) is 0. The second-order valence-electron chi connectivity index (χ2n) is 8.63. The average Bonchev–Trinajstić information content (AvgIpc) is 2.71. The van der Waals surface area contributed by atoms with E-state index in [9.17, 15) is 4.79 Å². The van der Waals surface area contributed by atoms with E-state index < -0.39 is 8.32 Å². The molecule has 7 heteroatoms. The second-order valence-corrected chi connectivity index (χ2v) is 17.6. The predicted octanol–water partition coefficient (Wildman–Crippen LogP) is 4.56. The van der Waals surface area contributed by atoms with E-state index >= 15 is 0 Å². The number of ether oxygens (including phenoxy) is 1. The molecule has 2 aliphatic rings. The quantitative estimate of drug-likeness (QED) is 0.329. The van der Waals surface area contributed by atoms with E-state index in [1.165, 1.54) is 4.46 Å². The number of halogens is 2. The van der Waals surface area contributed by atoms with Crippen LogP contribution in [-0.2, 0) is 14.0 Å². The molecule has 1 aromatic carbocycles. The number of hydrogen-bond acceptors (Lipinski definition) is 3. The van der Waals surface area contributed by atoms with E-state index in [-0.39, 0.29) is 48.9 Å². The van der Waals surface area contributed by atoms with Crippen molar-refractivity contribution in [3.63, 3.8) is 0 Å². The van der Waals surface area contributed by atoms with Gasteiger partial charge >= 0.3 is 178 Å². The molecule has 3 rings (SSSR count). The zero-order chi connectivity index (χ0) is 19.3. The van der Waals surface area contributed by atoms with E-state index in [0.29, 0.717) is 4.82 Å².